The monoisotopic (exact) mass is 426 g/mol. The van der Waals surface area contributed by atoms with Gasteiger partial charge in [0.25, 0.3) is 0 Å². The molecule has 3 amide bonds. The minimum atomic E-state index is -3.71. The molecule has 2 aliphatic rings. The largest absolute Gasteiger partial charge is 0.497 e. The van der Waals surface area contributed by atoms with Gasteiger partial charge in [0.2, 0.25) is 15.9 Å². The zero-order valence-electron chi connectivity index (χ0n) is 16.6. The van der Waals surface area contributed by atoms with Crippen molar-refractivity contribution in [2.75, 3.05) is 60.0 Å². The number of sulfonamides is 1. The van der Waals surface area contributed by atoms with Crippen molar-refractivity contribution >= 4 is 22.0 Å². The lowest BCUT2D eigenvalue weighted by atomic mass is 10.3. The Hall–Kier alpha value is -2.37. The smallest absolute Gasteiger partial charge is 0.324 e. The fraction of sp³-hybridized carbons (Fsp3) is 0.556. The molecule has 1 aromatic carbocycles. The first-order valence-corrected chi connectivity index (χ1v) is 10.8. The highest BCUT2D eigenvalue weighted by atomic mass is 32.2. The van der Waals surface area contributed by atoms with Gasteiger partial charge < -0.3 is 19.7 Å². The van der Waals surface area contributed by atoms with Crippen molar-refractivity contribution < 1.29 is 27.5 Å². The minimum Gasteiger partial charge on any atom is -0.497 e. The quantitative estimate of drug-likeness (QED) is 0.581. The summed E-state index contributed by atoms with van der Waals surface area (Å²) in [6.07, 6.45) is 0.648. The summed E-state index contributed by atoms with van der Waals surface area (Å²) < 4.78 is 38.0. The average Bonchev–Trinajstić information content (AvgIpc) is 3.05. The molecule has 1 aromatic rings. The maximum atomic E-state index is 13.1. The normalized spacial score (nSPS) is 18.8. The second-order valence-corrected chi connectivity index (χ2v) is 8.73. The summed E-state index contributed by atoms with van der Waals surface area (Å²) in [5, 5.41) is 2.49. The maximum absolute atomic E-state index is 13.1. The number of carbonyl (C=O) groups is 2. The van der Waals surface area contributed by atoms with Gasteiger partial charge in [0.05, 0.1) is 20.8 Å². The van der Waals surface area contributed by atoms with Crippen LogP contribution >= 0.6 is 0 Å². The predicted octanol–water partition coefficient (Wildman–Crippen LogP) is -0.0480. The van der Waals surface area contributed by atoms with Crippen molar-refractivity contribution in [3.63, 3.8) is 0 Å². The van der Waals surface area contributed by atoms with Crippen LogP contribution in [0.3, 0.4) is 0 Å². The molecule has 10 nitrogen and oxygen atoms in total. The number of hydrogen-bond donors (Lipinski definition) is 1. The van der Waals surface area contributed by atoms with Gasteiger partial charge in [-0.2, -0.15) is 4.31 Å². The number of nitrogens with zero attached hydrogens (tertiary/aromatic N) is 3. The Bertz CT molecular complexity index is 851. The lowest BCUT2D eigenvalue weighted by Gasteiger charge is -2.34. The summed E-state index contributed by atoms with van der Waals surface area (Å²) in [4.78, 5) is 26.6. The molecule has 2 fully saturated rings. The first-order valence-electron chi connectivity index (χ1n) is 9.39. The standard InChI is InChI=1S/C18H26N4O6S/c1-27-14-4-5-15(28-2)16(12-14)29(25,26)21-10-8-20(9-11-21)6-3-7-22-17(23)13-19-18(22)24/h4-5,12H,3,6-11,13H2,1-2H3,(H,19,24). The molecule has 29 heavy (non-hydrogen) atoms. The number of rotatable bonds is 8. The molecule has 0 aromatic heterocycles. The van der Waals surface area contributed by atoms with Gasteiger partial charge in [0, 0.05) is 38.8 Å². The van der Waals surface area contributed by atoms with E-state index in [1.807, 2.05) is 0 Å². The zero-order chi connectivity index (χ0) is 21.0. The number of imide groups is 1. The Morgan fingerprint density at radius 2 is 1.76 bits per heavy atom. The number of hydrogen-bond acceptors (Lipinski definition) is 7. The van der Waals surface area contributed by atoms with Crippen molar-refractivity contribution in [3.8, 4) is 11.5 Å². The molecular formula is C18H26N4O6S. The molecule has 160 valence electrons. The minimum absolute atomic E-state index is 0.0586. The highest BCUT2D eigenvalue weighted by Gasteiger charge is 2.32. The van der Waals surface area contributed by atoms with Gasteiger partial charge in [0.15, 0.2) is 0 Å². The second kappa shape index (κ2) is 8.97. The van der Waals surface area contributed by atoms with Crippen LogP contribution in [-0.4, -0.2) is 94.5 Å². The lowest BCUT2D eigenvalue weighted by Crippen LogP contribution is -2.49. The third kappa shape index (κ3) is 4.62. The number of carbonyl (C=O) groups excluding carboxylic acids is 2. The Morgan fingerprint density at radius 1 is 1.03 bits per heavy atom. The lowest BCUT2D eigenvalue weighted by molar-refractivity contribution is -0.125. The molecule has 0 saturated carbocycles. The Balaban J connectivity index is 1.56. The summed E-state index contributed by atoms with van der Waals surface area (Å²) in [6.45, 7) is 2.97. The highest BCUT2D eigenvalue weighted by Crippen LogP contribution is 2.31. The summed E-state index contributed by atoms with van der Waals surface area (Å²) >= 11 is 0. The molecule has 11 heteroatoms. The van der Waals surface area contributed by atoms with Crippen molar-refractivity contribution in [2.45, 2.75) is 11.3 Å². The zero-order valence-corrected chi connectivity index (χ0v) is 17.4. The molecule has 0 bridgehead atoms. The highest BCUT2D eigenvalue weighted by molar-refractivity contribution is 7.89. The van der Waals surface area contributed by atoms with Gasteiger partial charge in [-0.3, -0.25) is 9.69 Å². The van der Waals surface area contributed by atoms with E-state index in [1.54, 1.807) is 12.1 Å². The number of benzene rings is 1. The second-order valence-electron chi connectivity index (χ2n) is 6.82. The molecule has 0 atom stereocenters. The van der Waals surface area contributed by atoms with Crippen LogP contribution in [0, 0.1) is 0 Å². The van der Waals surface area contributed by atoms with E-state index in [-0.39, 0.29) is 29.1 Å². The molecule has 2 saturated heterocycles. The summed E-state index contributed by atoms with van der Waals surface area (Å²) in [5.74, 6) is 0.517. The summed E-state index contributed by atoms with van der Waals surface area (Å²) in [7, 11) is -0.796. The van der Waals surface area contributed by atoms with Crippen LogP contribution < -0.4 is 14.8 Å². The molecule has 0 spiro atoms. The van der Waals surface area contributed by atoms with E-state index in [0.29, 0.717) is 51.4 Å². The van der Waals surface area contributed by atoms with E-state index in [2.05, 4.69) is 10.2 Å². The van der Waals surface area contributed by atoms with Crippen LogP contribution in [0.4, 0.5) is 4.79 Å². The first kappa shape index (κ1) is 21.3. The van der Waals surface area contributed by atoms with Crippen LogP contribution in [0.5, 0.6) is 11.5 Å². The number of nitrogens with one attached hydrogen (secondary N) is 1. The number of amides is 3. The van der Waals surface area contributed by atoms with Crippen molar-refractivity contribution in [2.24, 2.45) is 0 Å². The van der Waals surface area contributed by atoms with Crippen molar-refractivity contribution in [3.05, 3.63) is 18.2 Å². The van der Waals surface area contributed by atoms with E-state index in [4.69, 9.17) is 9.47 Å². The van der Waals surface area contributed by atoms with Gasteiger partial charge >= 0.3 is 6.03 Å². The number of methoxy groups -OCH3 is 2. The first-order chi connectivity index (χ1) is 13.9. The Kier molecular flexibility index (Phi) is 6.60. The van der Waals surface area contributed by atoms with Crippen LogP contribution in [0.1, 0.15) is 6.42 Å². The van der Waals surface area contributed by atoms with E-state index < -0.39 is 10.0 Å². The summed E-state index contributed by atoms with van der Waals surface area (Å²) in [6, 6.07) is 4.36. The fourth-order valence-electron chi connectivity index (χ4n) is 3.45. The van der Waals surface area contributed by atoms with Crippen LogP contribution in [0.2, 0.25) is 0 Å². The molecule has 0 radical (unpaired) electrons. The van der Waals surface area contributed by atoms with Gasteiger partial charge in [0.1, 0.15) is 16.4 Å². The molecule has 2 heterocycles. The van der Waals surface area contributed by atoms with Crippen molar-refractivity contribution in [1.29, 1.82) is 0 Å². The molecule has 0 unspecified atom stereocenters. The number of ether oxygens (including phenoxy) is 2. The third-order valence-electron chi connectivity index (χ3n) is 5.11. The van der Waals surface area contributed by atoms with E-state index in [0.717, 1.165) is 0 Å². The van der Waals surface area contributed by atoms with Gasteiger partial charge in [-0.1, -0.05) is 0 Å². The molecule has 0 aliphatic carbocycles. The van der Waals surface area contributed by atoms with Gasteiger partial charge in [-0.25, -0.2) is 13.2 Å². The maximum Gasteiger partial charge on any atom is 0.324 e. The van der Waals surface area contributed by atoms with E-state index in [9.17, 15) is 18.0 Å². The Labute approximate surface area is 170 Å². The topological polar surface area (TPSA) is 108 Å². The Morgan fingerprint density at radius 3 is 2.34 bits per heavy atom. The van der Waals surface area contributed by atoms with Crippen LogP contribution in [-0.2, 0) is 14.8 Å². The number of urea groups is 1. The predicted molar refractivity (Wildman–Crippen MR) is 104 cm³/mol. The molecule has 1 N–H and O–H groups in total. The molecular weight excluding hydrogens is 400 g/mol. The van der Waals surface area contributed by atoms with E-state index >= 15 is 0 Å². The van der Waals surface area contributed by atoms with Crippen molar-refractivity contribution in [1.82, 2.24) is 19.4 Å². The van der Waals surface area contributed by atoms with Crippen LogP contribution in [0.25, 0.3) is 0 Å². The van der Waals surface area contributed by atoms with E-state index in [1.165, 1.54) is 29.5 Å². The third-order valence-corrected chi connectivity index (χ3v) is 7.03. The van der Waals surface area contributed by atoms with Gasteiger partial charge in [-0.05, 0) is 25.1 Å². The number of piperazine rings is 1. The molecule has 3 rings (SSSR count). The SMILES string of the molecule is COc1ccc(OC)c(S(=O)(=O)N2CCN(CCCN3C(=O)CNC3=O)CC2)c1. The van der Waals surface area contributed by atoms with Gasteiger partial charge in [-0.15, -0.1) is 0 Å². The van der Waals surface area contributed by atoms with Crippen LogP contribution in [0.15, 0.2) is 23.1 Å². The summed E-state index contributed by atoms with van der Waals surface area (Å²) in [5.41, 5.74) is 0. The molecule has 2 aliphatic heterocycles. The fourth-order valence-corrected chi connectivity index (χ4v) is 5.05. The average molecular weight is 426 g/mol.